The molecule has 0 saturated heterocycles. The average Bonchev–Trinajstić information content (AvgIpc) is 2.97. The Morgan fingerprint density at radius 3 is 2.30 bits per heavy atom. The number of hydrogen-bond donors (Lipinski definition) is 2. The summed E-state index contributed by atoms with van der Waals surface area (Å²) < 4.78 is 25.6. The molecule has 0 amide bonds. The van der Waals surface area contributed by atoms with E-state index < -0.39 is 15.3 Å². The number of sulfone groups is 1. The predicted molar refractivity (Wildman–Crippen MR) is 91.1 cm³/mol. The van der Waals surface area contributed by atoms with Crippen molar-refractivity contribution in [2.24, 2.45) is 0 Å². The van der Waals surface area contributed by atoms with Gasteiger partial charge in [0.05, 0.1) is 4.90 Å². The fourth-order valence-electron chi connectivity index (χ4n) is 2.95. The molecule has 0 aliphatic carbocycles. The molecule has 5 heteroatoms. The standard InChI is InChI=1S/C18H19NO3S/c1-11-4-6-14(7-5-11)23(21,22)18(20)16-12(2)10-13(3)17-15(16)8-9-19-17/h4-10,18-20H,1-3H3. The Bertz CT molecular complexity index is 969. The number of benzene rings is 2. The summed E-state index contributed by atoms with van der Waals surface area (Å²) in [6.45, 7) is 5.67. The minimum Gasteiger partial charge on any atom is -0.373 e. The molecule has 0 aliphatic heterocycles. The highest BCUT2D eigenvalue weighted by Crippen LogP contribution is 2.35. The number of nitrogens with one attached hydrogen (secondary N) is 1. The molecule has 0 saturated carbocycles. The number of rotatable bonds is 3. The normalized spacial score (nSPS) is 13.4. The molecule has 0 spiro atoms. The van der Waals surface area contributed by atoms with E-state index in [1.807, 2.05) is 26.8 Å². The molecule has 0 radical (unpaired) electrons. The van der Waals surface area contributed by atoms with E-state index in [4.69, 9.17) is 0 Å². The highest BCUT2D eigenvalue weighted by Gasteiger charge is 2.30. The third-order valence-electron chi connectivity index (χ3n) is 4.18. The lowest BCUT2D eigenvalue weighted by atomic mass is 10.0. The molecule has 1 heterocycles. The fourth-order valence-corrected chi connectivity index (χ4v) is 4.34. The minimum absolute atomic E-state index is 0.124. The number of aromatic amines is 1. The molecule has 120 valence electrons. The summed E-state index contributed by atoms with van der Waals surface area (Å²) in [6, 6.07) is 10.2. The van der Waals surface area contributed by atoms with E-state index >= 15 is 0 Å². The van der Waals surface area contributed by atoms with E-state index in [-0.39, 0.29) is 4.90 Å². The highest BCUT2D eigenvalue weighted by molar-refractivity contribution is 7.91. The molecule has 0 bridgehead atoms. The van der Waals surface area contributed by atoms with E-state index in [1.54, 1.807) is 24.4 Å². The maximum atomic E-state index is 12.8. The number of aliphatic hydroxyl groups excluding tert-OH is 1. The Balaban J connectivity index is 2.19. The molecule has 3 rings (SSSR count). The van der Waals surface area contributed by atoms with Crippen molar-refractivity contribution in [3.63, 3.8) is 0 Å². The van der Waals surface area contributed by atoms with Gasteiger partial charge in [0.25, 0.3) is 0 Å². The lowest BCUT2D eigenvalue weighted by molar-refractivity contribution is 0.255. The first-order chi connectivity index (χ1) is 10.8. The molecule has 4 nitrogen and oxygen atoms in total. The van der Waals surface area contributed by atoms with Crippen LogP contribution in [0, 0.1) is 20.8 Å². The van der Waals surface area contributed by atoms with Crippen LogP contribution < -0.4 is 0 Å². The van der Waals surface area contributed by atoms with Gasteiger partial charge in [-0.2, -0.15) is 0 Å². The van der Waals surface area contributed by atoms with Crippen molar-refractivity contribution in [2.45, 2.75) is 31.1 Å². The van der Waals surface area contributed by atoms with Crippen molar-refractivity contribution in [1.29, 1.82) is 0 Å². The van der Waals surface area contributed by atoms with Crippen molar-refractivity contribution in [3.05, 3.63) is 64.8 Å². The van der Waals surface area contributed by atoms with E-state index in [1.165, 1.54) is 12.1 Å². The number of hydrogen-bond acceptors (Lipinski definition) is 3. The van der Waals surface area contributed by atoms with Crippen LogP contribution in [0.5, 0.6) is 0 Å². The van der Waals surface area contributed by atoms with Crippen molar-refractivity contribution >= 4 is 20.7 Å². The third-order valence-corrected chi connectivity index (χ3v) is 5.93. The van der Waals surface area contributed by atoms with Gasteiger partial charge in [-0.1, -0.05) is 23.8 Å². The van der Waals surface area contributed by atoms with Gasteiger partial charge in [0.2, 0.25) is 9.84 Å². The van der Waals surface area contributed by atoms with Gasteiger partial charge in [-0.3, -0.25) is 0 Å². The zero-order valence-corrected chi connectivity index (χ0v) is 14.1. The van der Waals surface area contributed by atoms with Gasteiger partial charge in [-0.15, -0.1) is 0 Å². The zero-order valence-electron chi connectivity index (χ0n) is 13.3. The van der Waals surface area contributed by atoms with Crippen LogP contribution in [0.3, 0.4) is 0 Å². The second kappa shape index (κ2) is 5.51. The quantitative estimate of drug-likeness (QED) is 0.772. The lowest BCUT2D eigenvalue weighted by Crippen LogP contribution is -2.15. The summed E-state index contributed by atoms with van der Waals surface area (Å²) in [5, 5.41) is 11.4. The Morgan fingerprint density at radius 1 is 1.00 bits per heavy atom. The molecular weight excluding hydrogens is 310 g/mol. The Hall–Kier alpha value is -2.11. The average molecular weight is 329 g/mol. The second-order valence-corrected chi connectivity index (χ2v) is 7.91. The topological polar surface area (TPSA) is 70.2 Å². The van der Waals surface area contributed by atoms with E-state index in [0.29, 0.717) is 5.56 Å². The maximum Gasteiger partial charge on any atom is 0.209 e. The van der Waals surface area contributed by atoms with Crippen LogP contribution in [0.1, 0.15) is 27.7 Å². The minimum atomic E-state index is -3.87. The smallest absolute Gasteiger partial charge is 0.209 e. The third kappa shape index (κ3) is 2.56. The summed E-state index contributed by atoms with van der Waals surface area (Å²) in [5.74, 6) is 0. The van der Waals surface area contributed by atoms with Crippen LogP contribution in [-0.4, -0.2) is 18.5 Å². The van der Waals surface area contributed by atoms with Gasteiger partial charge in [0.1, 0.15) is 0 Å². The van der Waals surface area contributed by atoms with Crippen molar-refractivity contribution in [2.75, 3.05) is 0 Å². The number of aryl methyl sites for hydroxylation is 3. The monoisotopic (exact) mass is 329 g/mol. The number of fused-ring (bicyclic) bond motifs is 1. The van der Waals surface area contributed by atoms with Gasteiger partial charge < -0.3 is 10.1 Å². The lowest BCUT2D eigenvalue weighted by Gasteiger charge is -2.17. The molecule has 3 aromatic rings. The predicted octanol–water partition coefficient (Wildman–Crippen LogP) is 3.56. The summed E-state index contributed by atoms with van der Waals surface area (Å²) >= 11 is 0. The first kappa shape index (κ1) is 15.8. The number of aliphatic hydroxyl groups is 1. The maximum absolute atomic E-state index is 12.8. The molecule has 0 aliphatic rings. The summed E-state index contributed by atoms with van der Waals surface area (Å²) in [5.41, 5.74) is 2.45. The van der Waals surface area contributed by atoms with E-state index in [9.17, 15) is 13.5 Å². The van der Waals surface area contributed by atoms with Gasteiger partial charge in [-0.25, -0.2) is 8.42 Å². The van der Waals surface area contributed by atoms with Crippen molar-refractivity contribution in [3.8, 4) is 0 Å². The van der Waals surface area contributed by atoms with Gasteiger partial charge in [0, 0.05) is 22.7 Å². The highest BCUT2D eigenvalue weighted by atomic mass is 32.2. The van der Waals surface area contributed by atoms with Gasteiger partial charge >= 0.3 is 0 Å². The van der Waals surface area contributed by atoms with Crippen LogP contribution in [-0.2, 0) is 9.84 Å². The molecule has 2 aromatic carbocycles. The summed E-state index contributed by atoms with van der Waals surface area (Å²) in [6.07, 6.45) is 1.76. The van der Waals surface area contributed by atoms with Gasteiger partial charge in [-0.05, 0) is 50.1 Å². The van der Waals surface area contributed by atoms with Crippen LogP contribution in [0.2, 0.25) is 0 Å². The Kier molecular flexibility index (Phi) is 3.78. The van der Waals surface area contributed by atoms with Crippen LogP contribution in [0.15, 0.2) is 47.5 Å². The molecule has 1 aromatic heterocycles. The fraction of sp³-hybridized carbons (Fsp3) is 0.222. The first-order valence-corrected chi connectivity index (χ1v) is 8.93. The molecule has 1 unspecified atom stereocenters. The zero-order chi connectivity index (χ0) is 16.8. The Labute approximate surface area is 135 Å². The molecular formula is C18H19NO3S. The Morgan fingerprint density at radius 2 is 1.65 bits per heavy atom. The molecule has 23 heavy (non-hydrogen) atoms. The van der Waals surface area contributed by atoms with E-state index in [2.05, 4.69) is 4.98 Å². The first-order valence-electron chi connectivity index (χ1n) is 7.38. The van der Waals surface area contributed by atoms with Crippen LogP contribution in [0.4, 0.5) is 0 Å². The van der Waals surface area contributed by atoms with E-state index in [0.717, 1.165) is 27.6 Å². The largest absolute Gasteiger partial charge is 0.373 e. The van der Waals surface area contributed by atoms with Crippen LogP contribution in [0.25, 0.3) is 10.9 Å². The van der Waals surface area contributed by atoms with Gasteiger partial charge in [0.15, 0.2) is 5.44 Å². The van der Waals surface area contributed by atoms with Crippen molar-refractivity contribution < 1.29 is 13.5 Å². The molecule has 1 atom stereocenters. The number of H-pyrrole nitrogens is 1. The van der Waals surface area contributed by atoms with Crippen molar-refractivity contribution in [1.82, 2.24) is 4.98 Å². The summed E-state index contributed by atoms with van der Waals surface area (Å²) in [4.78, 5) is 3.23. The SMILES string of the molecule is Cc1ccc(S(=O)(=O)C(O)c2c(C)cc(C)c3[nH]ccc23)cc1. The molecule has 2 N–H and O–H groups in total. The summed E-state index contributed by atoms with van der Waals surface area (Å²) in [7, 11) is -3.87. The number of aromatic nitrogens is 1. The molecule has 0 fully saturated rings. The second-order valence-electron chi connectivity index (χ2n) is 5.90. The van der Waals surface area contributed by atoms with Crippen LogP contribution >= 0.6 is 0 Å².